The Hall–Kier alpha value is -0.0300. The van der Waals surface area contributed by atoms with Gasteiger partial charge in [0.2, 0.25) is 5.91 Å². The molecule has 1 unspecified atom stereocenters. The van der Waals surface area contributed by atoms with Crippen molar-refractivity contribution < 1.29 is 4.79 Å². The SMILES string of the molecule is CCN(CC)C1CCN(C(=O)C2(N)CCC2)C1.Cl.Cl. The second-order valence-corrected chi connectivity index (χ2v) is 5.42. The first-order valence-electron chi connectivity index (χ1n) is 6.93. The predicted octanol–water partition coefficient (Wildman–Crippen LogP) is 1.65. The maximum absolute atomic E-state index is 12.3. The summed E-state index contributed by atoms with van der Waals surface area (Å²) < 4.78 is 0. The Labute approximate surface area is 128 Å². The summed E-state index contributed by atoms with van der Waals surface area (Å²) in [5.41, 5.74) is 5.59. The fourth-order valence-electron chi connectivity index (χ4n) is 3.05. The summed E-state index contributed by atoms with van der Waals surface area (Å²) in [6, 6.07) is 0.539. The lowest BCUT2D eigenvalue weighted by Gasteiger charge is -2.39. The second kappa shape index (κ2) is 7.67. The Balaban J connectivity index is 0.00000162. The fourth-order valence-corrected chi connectivity index (χ4v) is 3.05. The second-order valence-electron chi connectivity index (χ2n) is 5.42. The molecule has 1 saturated carbocycles. The number of amides is 1. The smallest absolute Gasteiger partial charge is 0.242 e. The summed E-state index contributed by atoms with van der Waals surface area (Å²) in [6.45, 7) is 8.26. The quantitative estimate of drug-likeness (QED) is 0.859. The number of halogens is 2. The number of hydrogen-bond donors (Lipinski definition) is 1. The number of nitrogens with zero attached hydrogens (tertiary/aromatic N) is 2. The van der Waals surface area contributed by atoms with Crippen molar-refractivity contribution in [3.8, 4) is 0 Å². The largest absolute Gasteiger partial charge is 0.339 e. The van der Waals surface area contributed by atoms with Gasteiger partial charge in [0.25, 0.3) is 0 Å². The molecule has 0 aromatic heterocycles. The highest BCUT2D eigenvalue weighted by Gasteiger charge is 2.44. The standard InChI is InChI=1S/C13H25N3O.2ClH/c1-3-15(4-2)11-6-9-16(10-11)12(17)13(14)7-5-8-13;;/h11H,3-10,14H2,1-2H3;2*1H. The first-order chi connectivity index (χ1) is 8.10. The lowest BCUT2D eigenvalue weighted by Crippen LogP contribution is -2.59. The minimum absolute atomic E-state index is 0. The average molecular weight is 312 g/mol. The van der Waals surface area contributed by atoms with Gasteiger partial charge in [-0.25, -0.2) is 0 Å². The van der Waals surface area contributed by atoms with E-state index >= 15 is 0 Å². The molecule has 2 aliphatic rings. The molecule has 114 valence electrons. The third-order valence-electron chi connectivity index (χ3n) is 4.45. The number of carbonyl (C=O) groups is 1. The van der Waals surface area contributed by atoms with Crippen molar-refractivity contribution in [3.05, 3.63) is 0 Å². The molecule has 1 atom stereocenters. The first kappa shape index (κ1) is 19.0. The molecule has 1 aliphatic carbocycles. The molecule has 6 heteroatoms. The van der Waals surface area contributed by atoms with E-state index in [0.717, 1.165) is 51.9 Å². The van der Waals surface area contributed by atoms with Gasteiger partial charge in [0.1, 0.15) is 0 Å². The molecule has 0 aromatic carbocycles. The van der Waals surface area contributed by atoms with Crippen molar-refractivity contribution in [2.24, 2.45) is 5.73 Å². The van der Waals surface area contributed by atoms with E-state index in [1.54, 1.807) is 0 Å². The van der Waals surface area contributed by atoms with Crippen molar-refractivity contribution in [1.82, 2.24) is 9.80 Å². The van der Waals surface area contributed by atoms with Crippen LogP contribution in [0.15, 0.2) is 0 Å². The predicted molar refractivity (Wildman–Crippen MR) is 83.2 cm³/mol. The van der Waals surface area contributed by atoms with E-state index in [9.17, 15) is 4.79 Å². The Morgan fingerprint density at radius 2 is 1.89 bits per heavy atom. The molecule has 0 bridgehead atoms. The first-order valence-corrected chi connectivity index (χ1v) is 6.93. The molecule has 2 rings (SSSR count). The number of nitrogens with two attached hydrogens (primary N) is 1. The minimum Gasteiger partial charge on any atom is -0.339 e. The van der Waals surface area contributed by atoms with Crippen molar-refractivity contribution in [2.75, 3.05) is 26.2 Å². The van der Waals surface area contributed by atoms with E-state index in [4.69, 9.17) is 5.73 Å². The van der Waals surface area contributed by atoms with Gasteiger partial charge in [-0.1, -0.05) is 13.8 Å². The van der Waals surface area contributed by atoms with E-state index < -0.39 is 5.54 Å². The molecule has 0 spiro atoms. The van der Waals surface area contributed by atoms with Gasteiger partial charge in [-0.2, -0.15) is 0 Å². The van der Waals surface area contributed by atoms with Crippen molar-refractivity contribution in [3.63, 3.8) is 0 Å². The molecule has 4 nitrogen and oxygen atoms in total. The molecule has 1 aliphatic heterocycles. The van der Waals surface area contributed by atoms with Crippen LogP contribution in [0.2, 0.25) is 0 Å². The number of hydrogen-bond acceptors (Lipinski definition) is 3. The molecule has 2 N–H and O–H groups in total. The van der Waals surface area contributed by atoms with Gasteiger partial charge in [-0.15, -0.1) is 24.8 Å². The Kier molecular flexibility index (Phi) is 7.66. The highest BCUT2D eigenvalue weighted by Crippen LogP contribution is 2.32. The molecular formula is C13H27Cl2N3O. The summed E-state index contributed by atoms with van der Waals surface area (Å²) in [5.74, 6) is 0.193. The Morgan fingerprint density at radius 1 is 1.32 bits per heavy atom. The molecule has 2 fully saturated rings. The summed E-state index contributed by atoms with van der Waals surface area (Å²) in [7, 11) is 0. The number of carbonyl (C=O) groups excluding carboxylic acids is 1. The van der Waals surface area contributed by atoms with E-state index in [-0.39, 0.29) is 30.7 Å². The van der Waals surface area contributed by atoms with Gasteiger partial charge in [-0.3, -0.25) is 9.69 Å². The van der Waals surface area contributed by atoms with Crippen LogP contribution in [0, 0.1) is 0 Å². The van der Waals surface area contributed by atoms with Crippen LogP contribution < -0.4 is 5.73 Å². The fraction of sp³-hybridized carbons (Fsp3) is 0.923. The number of rotatable bonds is 4. The van der Waals surface area contributed by atoms with Crippen LogP contribution in [0.1, 0.15) is 39.5 Å². The third kappa shape index (κ3) is 3.75. The van der Waals surface area contributed by atoms with Crippen LogP contribution in [0.5, 0.6) is 0 Å². The molecular weight excluding hydrogens is 285 g/mol. The summed E-state index contributed by atoms with van der Waals surface area (Å²) in [5, 5.41) is 0. The number of likely N-dealkylation sites (N-methyl/N-ethyl adjacent to an activating group) is 1. The van der Waals surface area contributed by atoms with Gasteiger partial charge < -0.3 is 10.6 Å². The summed E-state index contributed by atoms with van der Waals surface area (Å²) >= 11 is 0. The van der Waals surface area contributed by atoms with Crippen molar-refractivity contribution in [2.45, 2.75) is 51.1 Å². The molecule has 1 saturated heterocycles. The van der Waals surface area contributed by atoms with Crippen LogP contribution in [0.3, 0.4) is 0 Å². The van der Waals surface area contributed by atoms with Gasteiger partial charge in [0.15, 0.2) is 0 Å². The highest BCUT2D eigenvalue weighted by atomic mass is 35.5. The average Bonchev–Trinajstić information content (AvgIpc) is 2.76. The van der Waals surface area contributed by atoms with E-state index in [0.29, 0.717) is 6.04 Å². The van der Waals surface area contributed by atoms with Crippen LogP contribution in [-0.4, -0.2) is 53.5 Å². The monoisotopic (exact) mass is 311 g/mol. The van der Waals surface area contributed by atoms with E-state index in [1.165, 1.54) is 0 Å². The van der Waals surface area contributed by atoms with Crippen LogP contribution in [-0.2, 0) is 4.79 Å². The molecule has 0 aromatic rings. The van der Waals surface area contributed by atoms with Crippen LogP contribution >= 0.6 is 24.8 Å². The van der Waals surface area contributed by atoms with Crippen molar-refractivity contribution >= 4 is 30.7 Å². The van der Waals surface area contributed by atoms with Crippen LogP contribution in [0.25, 0.3) is 0 Å². The lowest BCUT2D eigenvalue weighted by atomic mass is 9.76. The maximum Gasteiger partial charge on any atom is 0.242 e. The third-order valence-corrected chi connectivity index (χ3v) is 4.45. The van der Waals surface area contributed by atoms with Gasteiger partial charge >= 0.3 is 0 Å². The Morgan fingerprint density at radius 3 is 2.32 bits per heavy atom. The maximum atomic E-state index is 12.3. The normalized spacial score (nSPS) is 24.4. The molecule has 0 radical (unpaired) electrons. The molecule has 1 heterocycles. The minimum atomic E-state index is -0.516. The van der Waals surface area contributed by atoms with Crippen molar-refractivity contribution in [1.29, 1.82) is 0 Å². The van der Waals surface area contributed by atoms with E-state index in [1.807, 2.05) is 4.90 Å². The number of likely N-dealkylation sites (tertiary alicyclic amines) is 1. The zero-order valence-electron chi connectivity index (χ0n) is 11.9. The molecule has 1 amide bonds. The zero-order chi connectivity index (χ0) is 12.5. The van der Waals surface area contributed by atoms with Crippen LogP contribution in [0.4, 0.5) is 0 Å². The van der Waals surface area contributed by atoms with Gasteiger partial charge in [0.05, 0.1) is 5.54 Å². The Bertz CT molecular complexity index is 294. The van der Waals surface area contributed by atoms with Gasteiger partial charge in [0, 0.05) is 19.1 Å². The lowest BCUT2D eigenvalue weighted by molar-refractivity contribution is -0.139. The topological polar surface area (TPSA) is 49.6 Å². The molecule has 19 heavy (non-hydrogen) atoms. The van der Waals surface area contributed by atoms with E-state index in [2.05, 4.69) is 18.7 Å². The zero-order valence-corrected chi connectivity index (χ0v) is 13.6. The summed E-state index contributed by atoms with van der Waals surface area (Å²) in [6.07, 6.45) is 3.95. The summed E-state index contributed by atoms with van der Waals surface area (Å²) in [4.78, 5) is 16.7. The van der Waals surface area contributed by atoms with Gasteiger partial charge in [-0.05, 0) is 38.8 Å². The highest BCUT2D eigenvalue weighted by molar-refractivity contribution is 5.87.